The van der Waals surface area contributed by atoms with Crippen molar-refractivity contribution in [2.45, 2.75) is 17.6 Å². The number of rotatable bonds is 4. The first-order valence-electron chi connectivity index (χ1n) is 4.88. The minimum absolute atomic E-state index is 0.694. The lowest BCUT2D eigenvalue weighted by Crippen LogP contribution is -1.80. The van der Waals surface area contributed by atoms with Gasteiger partial charge in [-0.15, -0.1) is 11.8 Å². The van der Waals surface area contributed by atoms with Crippen molar-refractivity contribution in [3.05, 3.63) is 47.3 Å². The molecule has 16 heavy (non-hydrogen) atoms. The first-order chi connectivity index (χ1) is 7.78. The zero-order valence-electron chi connectivity index (χ0n) is 8.84. The molecular formula is C12H11NO2S. The maximum atomic E-state index is 10.5. The van der Waals surface area contributed by atoms with Crippen LogP contribution in [-0.2, 0) is 5.75 Å². The predicted octanol–water partition coefficient (Wildman–Crippen LogP) is 3.09. The van der Waals surface area contributed by atoms with Gasteiger partial charge in [0.25, 0.3) is 0 Å². The highest BCUT2D eigenvalue weighted by Crippen LogP contribution is 2.23. The van der Waals surface area contributed by atoms with Crippen LogP contribution in [-0.4, -0.2) is 11.4 Å². The first kappa shape index (κ1) is 11.0. The number of carbonyl (C=O) groups is 1. The molecule has 4 heteroatoms. The monoisotopic (exact) mass is 233 g/mol. The second-order valence-electron chi connectivity index (χ2n) is 3.41. The lowest BCUT2D eigenvalue weighted by atomic mass is 10.2. The molecule has 3 nitrogen and oxygen atoms in total. The number of hydrogen-bond acceptors (Lipinski definition) is 4. The van der Waals surface area contributed by atoms with Gasteiger partial charge in [-0.2, -0.15) is 0 Å². The fourth-order valence-corrected chi connectivity index (χ4v) is 2.05. The number of hydrogen-bond donors (Lipinski definition) is 0. The third-order valence-electron chi connectivity index (χ3n) is 2.07. The van der Waals surface area contributed by atoms with Crippen LogP contribution < -0.4 is 0 Å². The standard InChI is InChI=1S/C12H11NO2S/c1-9-6-11(15-13-9)8-16-12-4-2-10(7-14)3-5-12/h2-7H,8H2,1H3. The van der Waals surface area contributed by atoms with Gasteiger partial charge in [-0.05, 0) is 19.1 Å². The van der Waals surface area contributed by atoms with Gasteiger partial charge in [0.2, 0.25) is 0 Å². The normalized spacial score (nSPS) is 10.3. The fraction of sp³-hybridized carbons (Fsp3) is 0.167. The zero-order valence-corrected chi connectivity index (χ0v) is 9.66. The Bertz CT molecular complexity index is 476. The number of thioether (sulfide) groups is 1. The lowest BCUT2D eigenvalue weighted by Gasteiger charge is -1.98. The number of nitrogens with zero attached hydrogens (tertiary/aromatic N) is 1. The van der Waals surface area contributed by atoms with Crippen molar-refractivity contribution >= 4 is 18.0 Å². The summed E-state index contributed by atoms with van der Waals surface area (Å²) in [6, 6.07) is 9.39. The summed E-state index contributed by atoms with van der Waals surface area (Å²) in [4.78, 5) is 11.6. The van der Waals surface area contributed by atoms with E-state index < -0.39 is 0 Å². The van der Waals surface area contributed by atoms with Gasteiger partial charge in [0, 0.05) is 16.5 Å². The van der Waals surface area contributed by atoms with E-state index in [2.05, 4.69) is 5.16 Å². The minimum Gasteiger partial charge on any atom is -0.360 e. The molecule has 0 aliphatic rings. The Morgan fingerprint density at radius 1 is 1.38 bits per heavy atom. The number of aldehydes is 1. The van der Waals surface area contributed by atoms with Crippen molar-refractivity contribution in [3.63, 3.8) is 0 Å². The molecular weight excluding hydrogens is 222 g/mol. The Kier molecular flexibility index (Phi) is 3.41. The summed E-state index contributed by atoms with van der Waals surface area (Å²) in [5, 5.41) is 3.82. The van der Waals surface area contributed by atoms with Crippen molar-refractivity contribution in [1.82, 2.24) is 5.16 Å². The average Bonchev–Trinajstić information content (AvgIpc) is 2.73. The molecule has 1 aromatic carbocycles. The lowest BCUT2D eigenvalue weighted by molar-refractivity contribution is 0.112. The van der Waals surface area contributed by atoms with Gasteiger partial charge in [-0.3, -0.25) is 4.79 Å². The predicted molar refractivity (Wildman–Crippen MR) is 62.6 cm³/mol. The third-order valence-corrected chi connectivity index (χ3v) is 3.11. The van der Waals surface area contributed by atoms with Crippen molar-refractivity contribution < 1.29 is 9.32 Å². The third kappa shape index (κ3) is 2.73. The summed E-state index contributed by atoms with van der Waals surface area (Å²) in [6.07, 6.45) is 0.842. The Hall–Kier alpha value is -1.55. The fourth-order valence-electron chi connectivity index (χ4n) is 1.28. The Labute approximate surface area is 97.8 Å². The summed E-state index contributed by atoms with van der Waals surface area (Å²) in [5.41, 5.74) is 1.59. The second kappa shape index (κ2) is 4.99. The van der Waals surface area contributed by atoms with E-state index in [0.717, 1.165) is 28.4 Å². The molecule has 0 aliphatic heterocycles. The van der Waals surface area contributed by atoms with Gasteiger partial charge < -0.3 is 4.52 Å². The van der Waals surface area contributed by atoms with E-state index in [0.29, 0.717) is 5.56 Å². The van der Waals surface area contributed by atoms with E-state index in [9.17, 15) is 4.79 Å². The largest absolute Gasteiger partial charge is 0.360 e. The first-order valence-corrected chi connectivity index (χ1v) is 5.87. The van der Waals surface area contributed by atoms with Crippen LogP contribution in [0.3, 0.4) is 0 Å². The van der Waals surface area contributed by atoms with Crippen molar-refractivity contribution in [2.24, 2.45) is 0 Å². The SMILES string of the molecule is Cc1cc(CSc2ccc(C=O)cc2)on1. The summed E-state index contributed by atoms with van der Waals surface area (Å²) in [5.74, 6) is 1.61. The molecule has 0 bridgehead atoms. The van der Waals surface area contributed by atoms with Crippen LogP contribution in [0.15, 0.2) is 39.8 Å². The van der Waals surface area contributed by atoms with Gasteiger partial charge in [-0.1, -0.05) is 17.3 Å². The highest BCUT2D eigenvalue weighted by molar-refractivity contribution is 7.98. The van der Waals surface area contributed by atoms with Crippen molar-refractivity contribution in [2.75, 3.05) is 0 Å². The molecule has 0 fully saturated rings. The molecule has 1 aromatic heterocycles. The van der Waals surface area contributed by atoms with Crippen LogP contribution in [0.1, 0.15) is 21.8 Å². The zero-order chi connectivity index (χ0) is 11.4. The van der Waals surface area contributed by atoms with E-state index in [1.54, 1.807) is 23.9 Å². The number of aryl methyl sites for hydroxylation is 1. The molecule has 0 radical (unpaired) electrons. The van der Waals surface area contributed by atoms with Gasteiger partial charge in [0.05, 0.1) is 11.4 Å². The van der Waals surface area contributed by atoms with Crippen LogP contribution in [0.2, 0.25) is 0 Å². The summed E-state index contributed by atoms with van der Waals surface area (Å²) < 4.78 is 5.10. The second-order valence-corrected chi connectivity index (χ2v) is 4.46. The number of carbonyl (C=O) groups excluding carboxylic acids is 1. The molecule has 0 atom stereocenters. The molecule has 0 aliphatic carbocycles. The van der Waals surface area contributed by atoms with E-state index in [4.69, 9.17) is 4.52 Å². The highest BCUT2D eigenvalue weighted by Gasteiger charge is 2.01. The van der Waals surface area contributed by atoms with E-state index in [1.165, 1.54) is 0 Å². The molecule has 0 saturated carbocycles. The molecule has 2 rings (SSSR count). The highest BCUT2D eigenvalue weighted by atomic mass is 32.2. The van der Waals surface area contributed by atoms with Crippen molar-refractivity contribution in [1.29, 1.82) is 0 Å². The maximum absolute atomic E-state index is 10.5. The molecule has 0 N–H and O–H groups in total. The molecule has 2 aromatic rings. The number of aromatic nitrogens is 1. The van der Waals surface area contributed by atoms with Crippen LogP contribution in [0.25, 0.3) is 0 Å². The van der Waals surface area contributed by atoms with Gasteiger partial charge in [-0.25, -0.2) is 0 Å². The molecule has 0 amide bonds. The van der Waals surface area contributed by atoms with Crippen LogP contribution in [0.4, 0.5) is 0 Å². The molecule has 0 spiro atoms. The van der Waals surface area contributed by atoms with Gasteiger partial charge in [0.15, 0.2) is 0 Å². The van der Waals surface area contributed by atoms with Crippen LogP contribution in [0.5, 0.6) is 0 Å². The van der Waals surface area contributed by atoms with Crippen LogP contribution in [0, 0.1) is 6.92 Å². The van der Waals surface area contributed by atoms with Gasteiger partial charge >= 0.3 is 0 Å². The quantitative estimate of drug-likeness (QED) is 0.601. The van der Waals surface area contributed by atoms with E-state index >= 15 is 0 Å². The Balaban J connectivity index is 1.96. The summed E-state index contributed by atoms with van der Waals surface area (Å²) >= 11 is 1.66. The minimum atomic E-state index is 0.694. The molecule has 1 heterocycles. The van der Waals surface area contributed by atoms with E-state index in [1.807, 2.05) is 25.1 Å². The Morgan fingerprint density at radius 3 is 2.69 bits per heavy atom. The summed E-state index contributed by atoms with van der Waals surface area (Å²) in [7, 11) is 0. The molecule has 0 unspecified atom stereocenters. The Morgan fingerprint density at radius 2 is 2.12 bits per heavy atom. The number of benzene rings is 1. The molecule has 82 valence electrons. The summed E-state index contributed by atoms with van der Waals surface area (Å²) in [6.45, 7) is 1.90. The average molecular weight is 233 g/mol. The van der Waals surface area contributed by atoms with Crippen LogP contribution >= 0.6 is 11.8 Å². The van der Waals surface area contributed by atoms with Gasteiger partial charge in [0.1, 0.15) is 12.0 Å². The smallest absolute Gasteiger partial charge is 0.150 e. The van der Waals surface area contributed by atoms with E-state index in [-0.39, 0.29) is 0 Å². The topological polar surface area (TPSA) is 43.1 Å². The van der Waals surface area contributed by atoms with Crippen molar-refractivity contribution in [3.8, 4) is 0 Å². The molecule has 0 saturated heterocycles. The maximum Gasteiger partial charge on any atom is 0.150 e.